The average molecular weight is 374 g/mol. The Bertz CT molecular complexity index is 811. The number of thiophene rings is 1. The average Bonchev–Trinajstić information content (AvgIpc) is 3.21. The molecule has 0 saturated heterocycles. The van der Waals surface area contributed by atoms with Crippen molar-refractivity contribution in [3.05, 3.63) is 58.1 Å². The van der Waals surface area contributed by atoms with Crippen molar-refractivity contribution in [2.24, 2.45) is 0 Å². The van der Waals surface area contributed by atoms with Gasteiger partial charge in [-0.1, -0.05) is 37.1 Å². The van der Waals surface area contributed by atoms with Crippen molar-refractivity contribution in [3.63, 3.8) is 0 Å². The molecular weight excluding hydrogens is 354 g/mol. The highest BCUT2D eigenvalue weighted by Gasteiger charge is 2.11. The number of carbonyl (C=O) groups is 1. The van der Waals surface area contributed by atoms with Crippen LogP contribution in [0.25, 0.3) is 0 Å². The molecule has 0 bridgehead atoms. The first-order chi connectivity index (χ1) is 12.1. The number of hydrogen-bond acceptors (Lipinski definition) is 6. The summed E-state index contributed by atoms with van der Waals surface area (Å²) < 4.78 is 5.52. The van der Waals surface area contributed by atoms with Crippen LogP contribution < -0.4 is 5.32 Å². The third-order valence-corrected chi connectivity index (χ3v) is 5.17. The third-order valence-electron chi connectivity index (χ3n) is 3.28. The summed E-state index contributed by atoms with van der Waals surface area (Å²) in [5, 5.41) is 13.0. The third kappa shape index (κ3) is 5.44. The quantitative estimate of drug-likeness (QED) is 0.622. The Morgan fingerprint density at radius 1 is 1.24 bits per heavy atom. The van der Waals surface area contributed by atoms with Crippen LogP contribution in [0.15, 0.2) is 51.1 Å². The van der Waals surface area contributed by atoms with Crippen molar-refractivity contribution >= 4 is 35.0 Å². The van der Waals surface area contributed by atoms with Crippen LogP contribution in [-0.2, 0) is 17.6 Å². The number of carbonyl (C=O) groups excluding carboxylic acids is 1. The predicted molar refractivity (Wildman–Crippen MR) is 101 cm³/mol. The molecule has 0 unspecified atom stereocenters. The van der Waals surface area contributed by atoms with Gasteiger partial charge in [-0.05, 0) is 29.1 Å². The van der Waals surface area contributed by atoms with E-state index in [2.05, 4.69) is 53.6 Å². The van der Waals surface area contributed by atoms with E-state index in [1.807, 2.05) is 29.3 Å². The molecule has 25 heavy (non-hydrogen) atoms. The van der Waals surface area contributed by atoms with Gasteiger partial charge in [-0.15, -0.1) is 28.2 Å². The fourth-order valence-electron chi connectivity index (χ4n) is 2.24. The lowest BCUT2D eigenvalue weighted by Gasteiger charge is -2.05. The van der Waals surface area contributed by atoms with Gasteiger partial charge in [-0.25, -0.2) is 0 Å². The number of rotatable bonds is 7. The first-order valence-corrected chi connectivity index (χ1v) is 9.74. The molecule has 130 valence electrons. The van der Waals surface area contributed by atoms with E-state index in [1.165, 1.54) is 4.90 Å². The fourth-order valence-corrected chi connectivity index (χ4v) is 3.78. The highest BCUT2D eigenvalue weighted by molar-refractivity contribution is 7.99. The van der Waals surface area contributed by atoms with E-state index in [9.17, 15) is 4.79 Å². The molecule has 1 amide bonds. The molecule has 3 aromatic rings. The van der Waals surface area contributed by atoms with Gasteiger partial charge < -0.3 is 4.42 Å². The first-order valence-electron chi connectivity index (χ1n) is 7.98. The zero-order valence-corrected chi connectivity index (χ0v) is 15.7. The van der Waals surface area contributed by atoms with Crippen LogP contribution in [0.5, 0.6) is 0 Å². The summed E-state index contributed by atoms with van der Waals surface area (Å²) in [5.41, 5.74) is 1.09. The Hall–Kier alpha value is -2.12. The SMILES string of the molecule is CC(C)Sc1ccc(Cc2nnc(NC(=O)Cc3cccs3)o2)cc1. The summed E-state index contributed by atoms with van der Waals surface area (Å²) in [5.74, 6) is 0.323. The second-order valence-corrected chi connectivity index (χ2v) is 8.47. The smallest absolute Gasteiger partial charge is 0.322 e. The van der Waals surface area contributed by atoms with Crippen molar-refractivity contribution in [1.82, 2.24) is 10.2 Å². The van der Waals surface area contributed by atoms with Gasteiger partial charge >= 0.3 is 6.01 Å². The molecule has 0 atom stereocenters. The second-order valence-electron chi connectivity index (χ2n) is 5.79. The molecule has 0 saturated carbocycles. The summed E-state index contributed by atoms with van der Waals surface area (Å²) in [4.78, 5) is 14.2. The van der Waals surface area contributed by atoms with Crippen molar-refractivity contribution in [2.45, 2.75) is 36.8 Å². The summed E-state index contributed by atoms with van der Waals surface area (Å²) in [6.07, 6.45) is 0.852. The minimum Gasteiger partial charge on any atom is -0.407 e. The molecule has 0 aliphatic carbocycles. The number of nitrogens with one attached hydrogen (secondary N) is 1. The number of anilines is 1. The molecule has 0 fully saturated rings. The normalized spacial score (nSPS) is 11.0. The van der Waals surface area contributed by atoms with Gasteiger partial charge in [0, 0.05) is 15.0 Å². The predicted octanol–water partition coefficient (Wildman–Crippen LogP) is 4.40. The van der Waals surface area contributed by atoms with Crippen LogP contribution in [0.2, 0.25) is 0 Å². The summed E-state index contributed by atoms with van der Waals surface area (Å²) in [6, 6.07) is 12.3. The lowest BCUT2D eigenvalue weighted by molar-refractivity contribution is -0.115. The molecule has 0 aliphatic rings. The van der Waals surface area contributed by atoms with Crippen molar-refractivity contribution in [1.29, 1.82) is 0 Å². The number of aromatic nitrogens is 2. The van der Waals surface area contributed by atoms with E-state index in [0.717, 1.165) is 10.4 Å². The number of thioether (sulfide) groups is 1. The maximum atomic E-state index is 11.9. The van der Waals surface area contributed by atoms with E-state index < -0.39 is 0 Å². The highest BCUT2D eigenvalue weighted by Crippen LogP contribution is 2.23. The van der Waals surface area contributed by atoms with Gasteiger partial charge in [0.05, 0.1) is 12.8 Å². The molecule has 0 spiro atoms. The van der Waals surface area contributed by atoms with E-state index in [4.69, 9.17) is 4.42 Å². The minimum absolute atomic E-state index is 0.142. The minimum atomic E-state index is -0.160. The van der Waals surface area contributed by atoms with Crippen LogP contribution in [-0.4, -0.2) is 21.4 Å². The van der Waals surface area contributed by atoms with Gasteiger partial charge in [0.15, 0.2) is 0 Å². The molecule has 5 nitrogen and oxygen atoms in total. The van der Waals surface area contributed by atoms with Gasteiger partial charge in [-0.2, -0.15) is 0 Å². The molecule has 1 aromatic carbocycles. The summed E-state index contributed by atoms with van der Waals surface area (Å²) >= 11 is 3.37. The van der Waals surface area contributed by atoms with Gasteiger partial charge in [0.25, 0.3) is 0 Å². The summed E-state index contributed by atoms with van der Waals surface area (Å²) in [7, 11) is 0. The highest BCUT2D eigenvalue weighted by atomic mass is 32.2. The largest absolute Gasteiger partial charge is 0.407 e. The lowest BCUT2D eigenvalue weighted by atomic mass is 10.1. The van der Waals surface area contributed by atoms with E-state index in [-0.39, 0.29) is 11.9 Å². The van der Waals surface area contributed by atoms with E-state index >= 15 is 0 Å². The van der Waals surface area contributed by atoms with Crippen molar-refractivity contribution < 1.29 is 9.21 Å². The molecule has 0 radical (unpaired) electrons. The molecule has 2 heterocycles. The fraction of sp³-hybridized carbons (Fsp3) is 0.278. The van der Waals surface area contributed by atoms with Crippen molar-refractivity contribution in [2.75, 3.05) is 5.32 Å². The number of benzene rings is 1. The Balaban J connectivity index is 1.55. The maximum Gasteiger partial charge on any atom is 0.322 e. The Morgan fingerprint density at radius 2 is 2.04 bits per heavy atom. The van der Waals surface area contributed by atoms with Crippen LogP contribution >= 0.6 is 23.1 Å². The zero-order valence-electron chi connectivity index (χ0n) is 14.1. The van der Waals surface area contributed by atoms with Gasteiger partial charge in [0.1, 0.15) is 0 Å². The summed E-state index contributed by atoms with van der Waals surface area (Å²) in [6.45, 7) is 4.34. The lowest BCUT2D eigenvalue weighted by Crippen LogP contribution is -2.13. The van der Waals surface area contributed by atoms with Gasteiger partial charge in [-0.3, -0.25) is 10.1 Å². The number of hydrogen-bond donors (Lipinski definition) is 1. The Morgan fingerprint density at radius 3 is 2.72 bits per heavy atom. The van der Waals surface area contributed by atoms with Crippen LogP contribution in [0.1, 0.15) is 30.2 Å². The van der Waals surface area contributed by atoms with E-state index in [1.54, 1.807) is 11.3 Å². The first kappa shape index (κ1) is 17.7. The number of nitrogens with zero attached hydrogens (tertiary/aromatic N) is 2. The molecular formula is C18H19N3O2S2. The molecule has 7 heteroatoms. The molecule has 0 aliphatic heterocycles. The monoisotopic (exact) mass is 373 g/mol. The number of amides is 1. The molecule has 2 aromatic heterocycles. The maximum absolute atomic E-state index is 11.9. The topological polar surface area (TPSA) is 68.0 Å². The Kier molecular flexibility index (Phi) is 5.88. The Labute approximate surface area is 154 Å². The van der Waals surface area contributed by atoms with E-state index in [0.29, 0.717) is 24.0 Å². The second kappa shape index (κ2) is 8.31. The van der Waals surface area contributed by atoms with Gasteiger partial charge in [0.2, 0.25) is 11.8 Å². The standard InChI is InChI=1S/C18H19N3O2S2/c1-12(2)25-14-7-5-13(6-8-14)10-17-20-21-18(23-17)19-16(22)11-15-4-3-9-24-15/h3-9,12H,10-11H2,1-2H3,(H,19,21,22). The zero-order chi connectivity index (χ0) is 17.6. The molecule has 3 rings (SSSR count). The molecule has 1 N–H and O–H groups in total. The van der Waals surface area contributed by atoms with Crippen molar-refractivity contribution in [3.8, 4) is 0 Å². The van der Waals surface area contributed by atoms with Crippen LogP contribution in [0.4, 0.5) is 6.01 Å². The van der Waals surface area contributed by atoms with Crippen LogP contribution in [0.3, 0.4) is 0 Å². The van der Waals surface area contributed by atoms with Crippen LogP contribution in [0, 0.1) is 0 Å².